The van der Waals surface area contributed by atoms with E-state index in [2.05, 4.69) is 59.4 Å². The van der Waals surface area contributed by atoms with Gasteiger partial charge in [-0.3, -0.25) is 9.69 Å². The zero-order chi connectivity index (χ0) is 27.1. The number of benzene rings is 3. The molecule has 4 heterocycles. The Kier molecular flexibility index (Phi) is 6.48. The fourth-order valence-electron chi connectivity index (χ4n) is 6.19. The lowest BCUT2D eigenvalue weighted by atomic mass is 9.86. The van der Waals surface area contributed by atoms with Crippen LogP contribution in [-0.4, -0.2) is 60.5 Å². The van der Waals surface area contributed by atoms with Gasteiger partial charge in [-0.1, -0.05) is 43.3 Å². The number of nitrogens with one attached hydrogen (secondary N) is 1. The van der Waals surface area contributed by atoms with Gasteiger partial charge in [-0.2, -0.15) is 0 Å². The number of ether oxygens (including phenoxy) is 4. The van der Waals surface area contributed by atoms with Gasteiger partial charge in [0, 0.05) is 67.7 Å². The van der Waals surface area contributed by atoms with E-state index in [9.17, 15) is 4.79 Å². The van der Waals surface area contributed by atoms with Crippen LogP contribution in [0.2, 0.25) is 0 Å². The van der Waals surface area contributed by atoms with Gasteiger partial charge in [0.25, 0.3) is 0 Å². The maximum absolute atomic E-state index is 13.8. The number of amides is 1. The minimum Gasteiger partial charge on any atom is -0.454 e. The van der Waals surface area contributed by atoms with Crippen LogP contribution in [0.15, 0.2) is 60.8 Å². The van der Waals surface area contributed by atoms with E-state index >= 15 is 0 Å². The topological polar surface area (TPSA) is 76.3 Å². The number of fused-ring (bicyclic) bond motifs is 3. The van der Waals surface area contributed by atoms with E-state index in [-0.39, 0.29) is 25.4 Å². The molecule has 1 amide bonds. The van der Waals surface area contributed by atoms with Crippen molar-refractivity contribution < 1.29 is 23.7 Å². The second-order valence-corrected chi connectivity index (χ2v) is 10.6. The standard InChI is InChI=1S/C32H33N3O5/c1-2-22-5-3-6-23-26(17-33-31(22)23)25(24-7-4-8-28-32(24)40-20-38-28)16-30(36)35-13-11-34(12-14-35)18-21-9-10-27-29(15-21)39-19-37-27/h3-10,15,17,25,33H,2,11-14,16,18-20H2,1H3. The molecule has 3 aromatic carbocycles. The number of H-pyrrole nitrogens is 1. The fraction of sp³-hybridized carbons (Fsp3) is 0.344. The molecule has 206 valence electrons. The molecule has 1 atom stereocenters. The largest absolute Gasteiger partial charge is 0.454 e. The number of aryl methyl sites for hydroxylation is 1. The number of carbonyl (C=O) groups excluding carboxylic acids is 1. The molecule has 0 spiro atoms. The summed E-state index contributed by atoms with van der Waals surface area (Å²) in [5.74, 6) is 3.09. The van der Waals surface area contributed by atoms with Gasteiger partial charge in [0.2, 0.25) is 19.5 Å². The summed E-state index contributed by atoms with van der Waals surface area (Å²) in [5.41, 5.74) is 5.70. The second kappa shape index (κ2) is 10.4. The lowest BCUT2D eigenvalue weighted by molar-refractivity contribution is -0.133. The summed E-state index contributed by atoms with van der Waals surface area (Å²) in [5, 5.41) is 1.15. The monoisotopic (exact) mass is 539 g/mol. The number of carbonyl (C=O) groups is 1. The predicted molar refractivity (Wildman–Crippen MR) is 151 cm³/mol. The molecule has 1 N–H and O–H groups in total. The number of hydrogen-bond donors (Lipinski definition) is 1. The van der Waals surface area contributed by atoms with E-state index in [4.69, 9.17) is 18.9 Å². The molecular formula is C32H33N3O5. The average Bonchev–Trinajstić information content (AvgIpc) is 3.75. The third kappa shape index (κ3) is 4.52. The van der Waals surface area contributed by atoms with Crippen LogP contribution >= 0.6 is 0 Å². The summed E-state index contributed by atoms with van der Waals surface area (Å²) in [6.45, 7) is 6.54. The molecule has 1 fully saturated rings. The van der Waals surface area contributed by atoms with E-state index in [0.717, 1.165) is 71.1 Å². The summed E-state index contributed by atoms with van der Waals surface area (Å²) < 4.78 is 22.6. The van der Waals surface area contributed by atoms with Crippen LogP contribution in [0.3, 0.4) is 0 Å². The van der Waals surface area contributed by atoms with Crippen molar-refractivity contribution in [1.29, 1.82) is 0 Å². The van der Waals surface area contributed by atoms with E-state index < -0.39 is 0 Å². The third-order valence-corrected chi connectivity index (χ3v) is 8.34. The van der Waals surface area contributed by atoms with Gasteiger partial charge in [0.05, 0.1) is 0 Å². The van der Waals surface area contributed by atoms with Gasteiger partial charge in [0.15, 0.2) is 23.0 Å². The van der Waals surface area contributed by atoms with Crippen LogP contribution in [0.25, 0.3) is 10.9 Å². The van der Waals surface area contributed by atoms with Crippen LogP contribution < -0.4 is 18.9 Å². The summed E-state index contributed by atoms with van der Waals surface area (Å²) in [6.07, 6.45) is 3.38. The Bertz CT molecular complexity index is 1560. The second-order valence-electron chi connectivity index (χ2n) is 10.6. The summed E-state index contributed by atoms with van der Waals surface area (Å²) in [6, 6.07) is 18.5. The van der Waals surface area contributed by atoms with E-state index in [1.165, 1.54) is 11.1 Å². The Hall–Kier alpha value is -4.17. The van der Waals surface area contributed by atoms with Crippen molar-refractivity contribution in [3.63, 3.8) is 0 Å². The minimum atomic E-state index is -0.156. The lowest BCUT2D eigenvalue weighted by Crippen LogP contribution is -2.48. The zero-order valence-corrected chi connectivity index (χ0v) is 22.7. The Morgan fingerprint density at radius 1 is 0.875 bits per heavy atom. The highest BCUT2D eigenvalue weighted by molar-refractivity contribution is 5.88. The van der Waals surface area contributed by atoms with E-state index in [1.54, 1.807) is 0 Å². The van der Waals surface area contributed by atoms with Gasteiger partial charge in [-0.15, -0.1) is 0 Å². The molecule has 0 bridgehead atoms. The smallest absolute Gasteiger partial charge is 0.231 e. The van der Waals surface area contributed by atoms with Gasteiger partial charge >= 0.3 is 0 Å². The lowest BCUT2D eigenvalue weighted by Gasteiger charge is -2.35. The number of rotatable bonds is 7. The Balaban J connectivity index is 1.10. The molecule has 0 aliphatic carbocycles. The predicted octanol–water partition coefficient (Wildman–Crippen LogP) is 5.05. The highest BCUT2D eigenvalue weighted by Crippen LogP contribution is 2.44. The zero-order valence-electron chi connectivity index (χ0n) is 22.7. The molecule has 0 saturated carbocycles. The molecule has 4 aromatic rings. The Morgan fingerprint density at radius 2 is 1.68 bits per heavy atom. The van der Waals surface area contributed by atoms with Crippen LogP contribution in [0.1, 0.15) is 41.5 Å². The maximum Gasteiger partial charge on any atom is 0.231 e. The first-order valence-electron chi connectivity index (χ1n) is 14.0. The van der Waals surface area contributed by atoms with Crippen molar-refractivity contribution in [3.05, 3.63) is 83.0 Å². The fourth-order valence-corrected chi connectivity index (χ4v) is 6.19. The summed E-state index contributed by atoms with van der Waals surface area (Å²) >= 11 is 0. The number of piperazine rings is 1. The quantitative estimate of drug-likeness (QED) is 0.354. The third-order valence-electron chi connectivity index (χ3n) is 8.34. The van der Waals surface area contributed by atoms with Crippen molar-refractivity contribution in [1.82, 2.24) is 14.8 Å². The summed E-state index contributed by atoms with van der Waals surface area (Å²) in [7, 11) is 0. The first kappa shape index (κ1) is 24.8. The van der Waals surface area contributed by atoms with Gasteiger partial charge in [-0.05, 0) is 41.3 Å². The minimum absolute atomic E-state index is 0.156. The first-order valence-corrected chi connectivity index (χ1v) is 14.0. The number of aromatic nitrogens is 1. The molecule has 1 saturated heterocycles. The normalized spacial score (nSPS) is 17.0. The Morgan fingerprint density at radius 3 is 2.55 bits per heavy atom. The first-order chi connectivity index (χ1) is 19.7. The van der Waals surface area contributed by atoms with Crippen molar-refractivity contribution in [2.75, 3.05) is 39.8 Å². The summed E-state index contributed by atoms with van der Waals surface area (Å²) in [4.78, 5) is 21.7. The van der Waals surface area contributed by atoms with Crippen molar-refractivity contribution in [2.45, 2.75) is 32.2 Å². The van der Waals surface area contributed by atoms with E-state index in [1.807, 2.05) is 23.1 Å². The van der Waals surface area contributed by atoms with Crippen molar-refractivity contribution >= 4 is 16.8 Å². The molecule has 3 aliphatic rings. The number of hydrogen-bond acceptors (Lipinski definition) is 6. The van der Waals surface area contributed by atoms with Crippen LogP contribution in [0.5, 0.6) is 23.0 Å². The molecule has 1 aromatic heterocycles. The number of aromatic amines is 1. The molecular weight excluding hydrogens is 506 g/mol. The van der Waals surface area contributed by atoms with E-state index in [0.29, 0.717) is 19.5 Å². The van der Waals surface area contributed by atoms with Crippen LogP contribution in [-0.2, 0) is 17.8 Å². The number of nitrogens with zero attached hydrogens (tertiary/aromatic N) is 2. The molecule has 40 heavy (non-hydrogen) atoms. The molecule has 8 nitrogen and oxygen atoms in total. The highest BCUT2D eigenvalue weighted by atomic mass is 16.7. The van der Waals surface area contributed by atoms with Gasteiger partial charge in [0.1, 0.15) is 0 Å². The molecule has 0 radical (unpaired) electrons. The molecule has 1 unspecified atom stereocenters. The van der Waals surface area contributed by atoms with Crippen LogP contribution in [0, 0.1) is 0 Å². The maximum atomic E-state index is 13.8. The molecule has 8 heteroatoms. The highest BCUT2D eigenvalue weighted by Gasteiger charge is 2.31. The van der Waals surface area contributed by atoms with Crippen molar-refractivity contribution in [2.24, 2.45) is 0 Å². The average molecular weight is 540 g/mol. The SMILES string of the molecule is CCc1cccc2c(C(CC(=O)N3CCN(Cc4ccc5c(c4)OCO5)CC3)c3cccc4c3OCO4)c[nH]c12. The van der Waals surface area contributed by atoms with Gasteiger partial charge < -0.3 is 28.8 Å². The van der Waals surface area contributed by atoms with Gasteiger partial charge in [-0.25, -0.2) is 0 Å². The Labute approximate surface area is 233 Å². The van der Waals surface area contributed by atoms with Crippen LogP contribution in [0.4, 0.5) is 0 Å². The number of para-hydroxylation sites is 2. The molecule has 3 aliphatic heterocycles. The van der Waals surface area contributed by atoms with Crippen molar-refractivity contribution in [3.8, 4) is 23.0 Å². The molecule has 7 rings (SSSR count).